The average Bonchev–Trinajstić information content (AvgIpc) is 2.58. The minimum absolute atomic E-state index is 0.136. The summed E-state index contributed by atoms with van der Waals surface area (Å²) in [5.41, 5.74) is 1.15. The number of benzene rings is 2. The molecule has 2 rings (SSSR count). The van der Waals surface area contributed by atoms with Gasteiger partial charge in [0.15, 0.2) is 11.5 Å². The number of carbonyl (C=O) groups is 1. The normalized spacial score (nSPS) is 10.0. The lowest BCUT2D eigenvalue weighted by molar-refractivity contribution is 0.0549. The molecule has 0 amide bonds. The van der Waals surface area contributed by atoms with Crippen LogP contribution in [0.25, 0.3) is 0 Å². The van der Waals surface area contributed by atoms with Gasteiger partial charge < -0.3 is 14.2 Å². The summed E-state index contributed by atoms with van der Waals surface area (Å²) in [7, 11) is 1.51. The fraction of sp³-hybridized carbons (Fsp3) is 0.167. The number of hydrogen-bond donors (Lipinski definition) is 0. The molecule has 23 heavy (non-hydrogen) atoms. The summed E-state index contributed by atoms with van der Waals surface area (Å²) in [4.78, 5) is 11.9. The SMILES string of the molecule is C=CCOC(=O)c1ccc(OC)c(OCc2ccc(F)cc2)c1. The Morgan fingerprint density at radius 1 is 1.17 bits per heavy atom. The summed E-state index contributed by atoms with van der Waals surface area (Å²) in [6, 6.07) is 10.7. The van der Waals surface area contributed by atoms with Crippen LogP contribution in [0.1, 0.15) is 15.9 Å². The number of ether oxygens (including phenoxy) is 3. The third kappa shape index (κ3) is 4.57. The Bertz CT molecular complexity index is 680. The lowest BCUT2D eigenvalue weighted by Crippen LogP contribution is -2.06. The first-order chi connectivity index (χ1) is 11.1. The first-order valence-corrected chi connectivity index (χ1v) is 6.97. The molecule has 0 fully saturated rings. The maximum Gasteiger partial charge on any atom is 0.338 e. The van der Waals surface area contributed by atoms with Gasteiger partial charge in [-0.1, -0.05) is 24.8 Å². The zero-order valence-corrected chi connectivity index (χ0v) is 12.8. The van der Waals surface area contributed by atoms with Crippen LogP contribution in [0.15, 0.2) is 55.1 Å². The van der Waals surface area contributed by atoms with Crippen molar-refractivity contribution >= 4 is 5.97 Å². The Morgan fingerprint density at radius 2 is 1.91 bits per heavy atom. The summed E-state index contributed by atoms with van der Waals surface area (Å²) in [5, 5.41) is 0. The summed E-state index contributed by atoms with van der Waals surface area (Å²) in [5.74, 6) is 0.120. The molecule has 0 aliphatic heterocycles. The van der Waals surface area contributed by atoms with E-state index in [4.69, 9.17) is 14.2 Å². The molecule has 0 saturated heterocycles. The molecule has 0 radical (unpaired) electrons. The van der Waals surface area contributed by atoms with E-state index < -0.39 is 5.97 Å². The molecule has 4 nitrogen and oxygen atoms in total. The van der Waals surface area contributed by atoms with Gasteiger partial charge in [-0.25, -0.2) is 9.18 Å². The first-order valence-electron chi connectivity index (χ1n) is 6.97. The topological polar surface area (TPSA) is 44.8 Å². The number of rotatable bonds is 7. The smallest absolute Gasteiger partial charge is 0.338 e. The highest BCUT2D eigenvalue weighted by Gasteiger charge is 2.12. The predicted octanol–water partition coefficient (Wildman–Crippen LogP) is 3.76. The summed E-state index contributed by atoms with van der Waals surface area (Å²) in [6.45, 7) is 3.85. The van der Waals surface area contributed by atoms with Crippen LogP contribution >= 0.6 is 0 Å². The van der Waals surface area contributed by atoms with Gasteiger partial charge in [-0.15, -0.1) is 0 Å². The first kappa shape index (κ1) is 16.5. The Labute approximate surface area is 134 Å². The second kappa shape index (κ2) is 7.98. The van der Waals surface area contributed by atoms with Crippen LogP contribution in [0.2, 0.25) is 0 Å². The van der Waals surface area contributed by atoms with Gasteiger partial charge >= 0.3 is 5.97 Å². The Kier molecular flexibility index (Phi) is 5.74. The van der Waals surface area contributed by atoms with Crippen molar-refractivity contribution in [1.29, 1.82) is 0 Å². The largest absolute Gasteiger partial charge is 0.493 e. The highest BCUT2D eigenvalue weighted by molar-refractivity contribution is 5.90. The molecule has 0 spiro atoms. The number of hydrogen-bond acceptors (Lipinski definition) is 4. The van der Waals surface area contributed by atoms with E-state index in [1.807, 2.05) is 0 Å². The molecule has 0 aliphatic rings. The lowest BCUT2D eigenvalue weighted by atomic mass is 10.2. The second-order valence-corrected chi connectivity index (χ2v) is 4.67. The van der Waals surface area contributed by atoms with Crippen molar-refractivity contribution in [3.63, 3.8) is 0 Å². The zero-order valence-electron chi connectivity index (χ0n) is 12.8. The van der Waals surface area contributed by atoms with Gasteiger partial charge in [-0.05, 0) is 35.9 Å². The zero-order chi connectivity index (χ0) is 16.7. The fourth-order valence-corrected chi connectivity index (χ4v) is 1.88. The quantitative estimate of drug-likeness (QED) is 0.576. The Hall–Kier alpha value is -2.82. The van der Waals surface area contributed by atoms with Gasteiger partial charge in [-0.3, -0.25) is 0 Å². The molecule has 0 atom stereocenters. The molecular weight excluding hydrogens is 299 g/mol. The monoisotopic (exact) mass is 316 g/mol. The van der Waals surface area contributed by atoms with Gasteiger partial charge in [0.05, 0.1) is 12.7 Å². The van der Waals surface area contributed by atoms with Gasteiger partial charge in [0.25, 0.3) is 0 Å². The number of methoxy groups -OCH3 is 1. The molecule has 2 aromatic rings. The minimum atomic E-state index is -0.473. The fourth-order valence-electron chi connectivity index (χ4n) is 1.88. The van der Waals surface area contributed by atoms with E-state index in [1.165, 1.54) is 25.3 Å². The van der Waals surface area contributed by atoms with Crippen molar-refractivity contribution in [2.75, 3.05) is 13.7 Å². The minimum Gasteiger partial charge on any atom is -0.493 e. The van der Waals surface area contributed by atoms with Gasteiger partial charge in [0, 0.05) is 0 Å². The molecule has 5 heteroatoms. The van der Waals surface area contributed by atoms with Crippen LogP contribution < -0.4 is 9.47 Å². The van der Waals surface area contributed by atoms with E-state index in [1.54, 1.807) is 30.3 Å². The van der Waals surface area contributed by atoms with Gasteiger partial charge in [0.2, 0.25) is 0 Å². The van der Waals surface area contributed by atoms with E-state index in [2.05, 4.69) is 6.58 Å². The van der Waals surface area contributed by atoms with Crippen LogP contribution in [0.3, 0.4) is 0 Å². The van der Waals surface area contributed by atoms with Crippen LogP contribution in [0.5, 0.6) is 11.5 Å². The highest BCUT2D eigenvalue weighted by Crippen LogP contribution is 2.29. The standard InChI is InChI=1S/C18H17FO4/c1-3-10-22-18(20)14-6-9-16(21-2)17(11-14)23-12-13-4-7-15(19)8-5-13/h3-9,11H,1,10,12H2,2H3. The van der Waals surface area contributed by atoms with Crippen molar-refractivity contribution in [2.45, 2.75) is 6.61 Å². The summed E-state index contributed by atoms with van der Waals surface area (Å²) in [6.07, 6.45) is 1.49. The molecule has 0 heterocycles. The maximum absolute atomic E-state index is 12.9. The molecule has 0 unspecified atom stereocenters. The van der Waals surface area contributed by atoms with Gasteiger partial charge in [0.1, 0.15) is 19.0 Å². The highest BCUT2D eigenvalue weighted by atomic mass is 19.1. The molecule has 0 aromatic heterocycles. The van der Waals surface area contributed by atoms with Crippen molar-refractivity contribution < 1.29 is 23.4 Å². The van der Waals surface area contributed by atoms with E-state index >= 15 is 0 Å². The second-order valence-electron chi connectivity index (χ2n) is 4.67. The van der Waals surface area contributed by atoms with Crippen LogP contribution in [0.4, 0.5) is 4.39 Å². The molecule has 0 bridgehead atoms. The number of esters is 1. The van der Waals surface area contributed by atoms with Crippen molar-refractivity contribution in [1.82, 2.24) is 0 Å². The van der Waals surface area contributed by atoms with E-state index in [0.29, 0.717) is 17.1 Å². The van der Waals surface area contributed by atoms with Crippen molar-refractivity contribution in [3.8, 4) is 11.5 Å². The summed E-state index contributed by atoms with van der Waals surface area (Å²) >= 11 is 0. The van der Waals surface area contributed by atoms with E-state index in [-0.39, 0.29) is 19.0 Å². The third-order valence-electron chi connectivity index (χ3n) is 3.04. The molecule has 120 valence electrons. The Balaban J connectivity index is 2.13. The predicted molar refractivity (Wildman–Crippen MR) is 84.2 cm³/mol. The van der Waals surface area contributed by atoms with Crippen molar-refractivity contribution in [3.05, 3.63) is 72.1 Å². The molecule has 0 N–H and O–H groups in total. The average molecular weight is 316 g/mol. The molecule has 0 saturated carbocycles. The van der Waals surface area contributed by atoms with Gasteiger partial charge in [-0.2, -0.15) is 0 Å². The molecule has 2 aromatic carbocycles. The third-order valence-corrected chi connectivity index (χ3v) is 3.04. The maximum atomic E-state index is 12.9. The van der Waals surface area contributed by atoms with Crippen LogP contribution in [-0.2, 0) is 11.3 Å². The Morgan fingerprint density at radius 3 is 2.57 bits per heavy atom. The van der Waals surface area contributed by atoms with Crippen LogP contribution in [-0.4, -0.2) is 19.7 Å². The summed E-state index contributed by atoms with van der Waals surface area (Å²) < 4.78 is 28.8. The van der Waals surface area contributed by atoms with E-state index in [0.717, 1.165) is 5.56 Å². The molecule has 0 aliphatic carbocycles. The van der Waals surface area contributed by atoms with E-state index in [9.17, 15) is 9.18 Å². The van der Waals surface area contributed by atoms with Crippen LogP contribution in [0, 0.1) is 5.82 Å². The lowest BCUT2D eigenvalue weighted by Gasteiger charge is -2.12. The number of carbonyl (C=O) groups excluding carboxylic acids is 1. The molecular formula is C18H17FO4. The number of halogens is 1. The van der Waals surface area contributed by atoms with Crippen molar-refractivity contribution in [2.24, 2.45) is 0 Å².